The van der Waals surface area contributed by atoms with E-state index in [1.165, 1.54) is 12.8 Å². The van der Waals surface area contributed by atoms with E-state index in [1.54, 1.807) is 0 Å². The molecular weight excluding hydrogens is 122 g/mol. The molecule has 0 fully saturated rings. The summed E-state index contributed by atoms with van der Waals surface area (Å²) < 4.78 is 0. The van der Waals surface area contributed by atoms with Crippen molar-refractivity contribution in [3.63, 3.8) is 0 Å². The summed E-state index contributed by atoms with van der Waals surface area (Å²) in [6, 6.07) is 0. The van der Waals surface area contributed by atoms with Crippen molar-refractivity contribution in [1.82, 2.24) is 0 Å². The molecule has 0 heterocycles. The lowest BCUT2D eigenvalue weighted by Gasteiger charge is -2.17. The van der Waals surface area contributed by atoms with E-state index in [-0.39, 0.29) is 0 Å². The highest BCUT2D eigenvalue weighted by atomic mass is 14.4. The van der Waals surface area contributed by atoms with Crippen LogP contribution in [0, 0.1) is 10.8 Å². The van der Waals surface area contributed by atoms with Gasteiger partial charge in [-0.25, -0.2) is 0 Å². The molecule has 0 saturated carbocycles. The third-order valence-corrected chi connectivity index (χ3v) is 1.48. The van der Waals surface area contributed by atoms with E-state index in [9.17, 15) is 0 Å². The second-order valence-corrected chi connectivity index (χ2v) is 4.19. The van der Waals surface area contributed by atoms with E-state index in [0.717, 1.165) is 12.1 Å². The number of nitrogens with one attached hydrogen (secondary N) is 1. The molecule has 0 spiro atoms. The van der Waals surface area contributed by atoms with Gasteiger partial charge in [0.2, 0.25) is 0 Å². The fourth-order valence-electron chi connectivity index (χ4n) is 0.884. The van der Waals surface area contributed by atoms with Crippen LogP contribution >= 0.6 is 0 Å². The van der Waals surface area contributed by atoms with Crippen molar-refractivity contribution < 1.29 is 0 Å². The summed E-state index contributed by atoms with van der Waals surface area (Å²) >= 11 is 0. The third-order valence-electron chi connectivity index (χ3n) is 1.48. The Kier molecular flexibility index (Phi) is 3.62. The Morgan fingerprint density at radius 3 is 2.10 bits per heavy atom. The predicted molar refractivity (Wildman–Crippen MR) is 46.7 cm³/mol. The first-order chi connectivity index (χ1) is 4.42. The molecule has 1 heteroatoms. The fraction of sp³-hybridized carbons (Fsp3) is 0.889. The highest BCUT2D eigenvalue weighted by Gasteiger charge is 2.08. The quantitative estimate of drug-likeness (QED) is 0.583. The standard InChI is InChI=1S/C9H19N/c1-8(10)6-5-7-9(2,3)4/h10H,5-7H2,1-4H3. The summed E-state index contributed by atoms with van der Waals surface area (Å²) in [6.45, 7) is 8.60. The molecule has 0 aliphatic carbocycles. The zero-order valence-electron chi connectivity index (χ0n) is 7.62. The van der Waals surface area contributed by atoms with Crippen LogP contribution in [0.1, 0.15) is 47.0 Å². The summed E-state index contributed by atoms with van der Waals surface area (Å²) in [4.78, 5) is 0. The van der Waals surface area contributed by atoms with E-state index >= 15 is 0 Å². The summed E-state index contributed by atoms with van der Waals surface area (Å²) in [6.07, 6.45) is 3.36. The monoisotopic (exact) mass is 141 g/mol. The lowest BCUT2D eigenvalue weighted by molar-refractivity contribution is 0.368. The van der Waals surface area contributed by atoms with Gasteiger partial charge >= 0.3 is 0 Å². The predicted octanol–water partition coefficient (Wildman–Crippen LogP) is 3.24. The van der Waals surface area contributed by atoms with E-state index in [0.29, 0.717) is 5.41 Å². The van der Waals surface area contributed by atoms with Gasteiger partial charge in [0.05, 0.1) is 0 Å². The van der Waals surface area contributed by atoms with E-state index in [1.807, 2.05) is 6.92 Å². The largest absolute Gasteiger partial charge is 0.310 e. The van der Waals surface area contributed by atoms with Crippen LogP contribution in [0.2, 0.25) is 0 Å². The Balaban J connectivity index is 3.29. The Bertz CT molecular complexity index is 108. The smallest absolute Gasteiger partial charge is 0.00582 e. The molecule has 0 aromatic heterocycles. The number of hydrogen-bond donors (Lipinski definition) is 1. The molecule has 0 radical (unpaired) electrons. The molecule has 0 aromatic rings. The highest BCUT2D eigenvalue weighted by molar-refractivity contribution is 5.78. The van der Waals surface area contributed by atoms with Crippen molar-refractivity contribution in [1.29, 1.82) is 5.41 Å². The number of rotatable bonds is 3. The minimum Gasteiger partial charge on any atom is -0.310 e. The minimum atomic E-state index is 0.440. The minimum absolute atomic E-state index is 0.440. The van der Waals surface area contributed by atoms with E-state index < -0.39 is 0 Å². The van der Waals surface area contributed by atoms with Gasteiger partial charge in [-0.3, -0.25) is 0 Å². The van der Waals surface area contributed by atoms with Crippen LogP contribution < -0.4 is 0 Å². The van der Waals surface area contributed by atoms with Gasteiger partial charge in [-0.05, 0) is 31.6 Å². The van der Waals surface area contributed by atoms with Gasteiger partial charge in [-0.1, -0.05) is 20.8 Å². The van der Waals surface area contributed by atoms with Crippen molar-refractivity contribution in [3.8, 4) is 0 Å². The SMILES string of the molecule is CC(=N)CCCC(C)(C)C. The number of hydrogen-bond acceptors (Lipinski definition) is 1. The van der Waals surface area contributed by atoms with Crippen LogP contribution in [-0.4, -0.2) is 5.71 Å². The normalized spacial score (nSPS) is 11.6. The zero-order chi connectivity index (χ0) is 8.20. The van der Waals surface area contributed by atoms with Crippen LogP contribution in [0.4, 0.5) is 0 Å². The summed E-state index contributed by atoms with van der Waals surface area (Å²) in [7, 11) is 0. The Labute approximate surface area is 64.3 Å². The van der Waals surface area contributed by atoms with Crippen molar-refractivity contribution >= 4 is 5.71 Å². The molecule has 0 rings (SSSR count). The van der Waals surface area contributed by atoms with E-state index in [4.69, 9.17) is 5.41 Å². The van der Waals surface area contributed by atoms with Gasteiger partial charge in [0.25, 0.3) is 0 Å². The average Bonchev–Trinajstić information content (AvgIpc) is 1.59. The molecule has 0 saturated heterocycles. The van der Waals surface area contributed by atoms with Crippen molar-refractivity contribution in [2.24, 2.45) is 5.41 Å². The van der Waals surface area contributed by atoms with E-state index in [2.05, 4.69) is 20.8 Å². The van der Waals surface area contributed by atoms with Crippen molar-refractivity contribution in [3.05, 3.63) is 0 Å². The molecule has 1 N–H and O–H groups in total. The topological polar surface area (TPSA) is 23.9 Å². The maximum absolute atomic E-state index is 7.20. The van der Waals surface area contributed by atoms with Crippen molar-refractivity contribution in [2.75, 3.05) is 0 Å². The first kappa shape index (κ1) is 9.67. The van der Waals surface area contributed by atoms with Gasteiger partial charge in [0.15, 0.2) is 0 Å². The maximum atomic E-state index is 7.20. The molecule has 0 bridgehead atoms. The van der Waals surface area contributed by atoms with Crippen molar-refractivity contribution in [2.45, 2.75) is 47.0 Å². The highest BCUT2D eigenvalue weighted by Crippen LogP contribution is 2.21. The van der Waals surface area contributed by atoms with Crippen LogP contribution in [-0.2, 0) is 0 Å². The second kappa shape index (κ2) is 3.75. The first-order valence-corrected chi connectivity index (χ1v) is 3.96. The Hall–Kier alpha value is -0.330. The molecule has 0 atom stereocenters. The van der Waals surface area contributed by atoms with Crippen LogP contribution in [0.5, 0.6) is 0 Å². The summed E-state index contributed by atoms with van der Waals surface area (Å²) in [5.41, 5.74) is 1.25. The lowest BCUT2D eigenvalue weighted by Crippen LogP contribution is -2.05. The van der Waals surface area contributed by atoms with Gasteiger partial charge < -0.3 is 5.41 Å². The fourth-order valence-corrected chi connectivity index (χ4v) is 0.884. The lowest BCUT2D eigenvalue weighted by atomic mass is 9.89. The Morgan fingerprint density at radius 1 is 1.30 bits per heavy atom. The molecule has 10 heavy (non-hydrogen) atoms. The molecule has 0 aliphatic rings. The molecule has 1 nitrogen and oxygen atoms in total. The average molecular weight is 141 g/mol. The molecular formula is C9H19N. The van der Waals surface area contributed by atoms with Crippen LogP contribution in [0.15, 0.2) is 0 Å². The van der Waals surface area contributed by atoms with Crippen LogP contribution in [0.3, 0.4) is 0 Å². The van der Waals surface area contributed by atoms with Gasteiger partial charge in [0, 0.05) is 5.71 Å². The molecule has 0 unspecified atom stereocenters. The zero-order valence-corrected chi connectivity index (χ0v) is 7.62. The molecule has 0 aromatic carbocycles. The van der Waals surface area contributed by atoms with Gasteiger partial charge in [0.1, 0.15) is 0 Å². The molecule has 0 amide bonds. The van der Waals surface area contributed by atoms with Crippen LogP contribution in [0.25, 0.3) is 0 Å². The van der Waals surface area contributed by atoms with Gasteiger partial charge in [-0.2, -0.15) is 0 Å². The first-order valence-electron chi connectivity index (χ1n) is 3.96. The summed E-state index contributed by atoms with van der Waals surface area (Å²) in [5, 5.41) is 7.20. The third kappa shape index (κ3) is 7.67. The van der Waals surface area contributed by atoms with Gasteiger partial charge in [-0.15, -0.1) is 0 Å². The second-order valence-electron chi connectivity index (χ2n) is 4.19. The molecule has 60 valence electrons. The Morgan fingerprint density at radius 2 is 1.80 bits per heavy atom. The maximum Gasteiger partial charge on any atom is 0.00582 e. The molecule has 0 aliphatic heterocycles. The summed E-state index contributed by atoms with van der Waals surface area (Å²) in [5.74, 6) is 0.